The lowest BCUT2D eigenvalue weighted by molar-refractivity contribution is -0.121. The van der Waals surface area contributed by atoms with Crippen molar-refractivity contribution in [2.24, 2.45) is 10.9 Å². The Morgan fingerprint density at radius 3 is 2.78 bits per heavy atom. The number of likely N-dealkylation sites (tertiary alicyclic amines) is 1. The van der Waals surface area contributed by atoms with Crippen LogP contribution in [0.5, 0.6) is 5.75 Å². The summed E-state index contributed by atoms with van der Waals surface area (Å²) in [6.45, 7) is 5.59. The third-order valence-electron chi connectivity index (χ3n) is 4.95. The number of amides is 1. The van der Waals surface area contributed by atoms with Gasteiger partial charge in [-0.3, -0.25) is 9.79 Å². The Hall–Kier alpha value is -2.24. The lowest BCUT2D eigenvalue weighted by atomic mass is 9.93. The van der Waals surface area contributed by atoms with Gasteiger partial charge in [0.2, 0.25) is 5.91 Å². The first kappa shape index (κ1) is 21.1. The predicted octanol–water partition coefficient (Wildman–Crippen LogP) is 2.44. The van der Waals surface area contributed by atoms with Crippen LogP contribution in [0.3, 0.4) is 0 Å². The topological polar surface area (TPSA) is 66.0 Å². The highest BCUT2D eigenvalue weighted by molar-refractivity contribution is 5.80. The van der Waals surface area contributed by atoms with Gasteiger partial charge in [-0.1, -0.05) is 19.1 Å². The van der Waals surface area contributed by atoms with Gasteiger partial charge in [0.1, 0.15) is 5.75 Å². The van der Waals surface area contributed by atoms with E-state index in [1.807, 2.05) is 19.2 Å². The van der Waals surface area contributed by atoms with Crippen LogP contribution in [0.2, 0.25) is 0 Å². The molecule has 27 heavy (non-hydrogen) atoms. The number of guanidine groups is 1. The minimum atomic E-state index is 0.140. The maximum absolute atomic E-state index is 11.5. The minimum absolute atomic E-state index is 0.140. The summed E-state index contributed by atoms with van der Waals surface area (Å²) < 4.78 is 5.70. The Labute approximate surface area is 163 Å². The molecule has 1 fully saturated rings. The van der Waals surface area contributed by atoms with Crippen LogP contribution >= 0.6 is 0 Å². The molecule has 1 aromatic carbocycles. The van der Waals surface area contributed by atoms with Gasteiger partial charge in [0.05, 0.1) is 6.61 Å². The van der Waals surface area contributed by atoms with Gasteiger partial charge in [-0.05, 0) is 49.3 Å². The number of carbonyl (C=O) groups is 1. The summed E-state index contributed by atoms with van der Waals surface area (Å²) in [5.74, 6) is 2.51. The van der Waals surface area contributed by atoms with Crippen molar-refractivity contribution in [3.05, 3.63) is 29.8 Å². The van der Waals surface area contributed by atoms with Crippen molar-refractivity contribution >= 4 is 11.9 Å². The van der Waals surface area contributed by atoms with Crippen LogP contribution in [-0.2, 0) is 11.2 Å². The highest BCUT2D eigenvalue weighted by Crippen LogP contribution is 2.20. The zero-order valence-electron chi connectivity index (χ0n) is 17.0. The highest BCUT2D eigenvalue weighted by Gasteiger charge is 2.22. The predicted molar refractivity (Wildman–Crippen MR) is 110 cm³/mol. The van der Waals surface area contributed by atoms with Crippen LogP contribution < -0.4 is 15.4 Å². The number of benzene rings is 1. The van der Waals surface area contributed by atoms with Crippen LogP contribution in [0.1, 0.15) is 38.2 Å². The number of piperidine rings is 1. The summed E-state index contributed by atoms with van der Waals surface area (Å²) in [4.78, 5) is 18.3. The minimum Gasteiger partial charge on any atom is -0.494 e. The number of aliphatic imine (C=N–C) groups is 1. The SMILES string of the molecule is CCCOc1cccc(CCNC(=NC)N2CCC(CC(=O)NC)CC2)c1. The first-order valence-corrected chi connectivity index (χ1v) is 10.0. The molecule has 0 aliphatic carbocycles. The molecule has 1 saturated heterocycles. The molecule has 0 spiro atoms. The molecule has 0 radical (unpaired) electrons. The largest absolute Gasteiger partial charge is 0.494 e. The summed E-state index contributed by atoms with van der Waals surface area (Å²) in [6.07, 6.45) is 4.64. The zero-order chi connectivity index (χ0) is 19.5. The number of hydrogen-bond donors (Lipinski definition) is 2. The Balaban J connectivity index is 1.75. The molecule has 0 bridgehead atoms. The van der Waals surface area contributed by atoms with Gasteiger partial charge in [-0.25, -0.2) is 0 Å². The summed E-state index contributed by atoms with van der Waals surface area (Å²) in [7, 11) is 3.53. The Morgan fingerprint density at radius 2 is 2.11 bits per heavy atom. The Bertz CT molecular complexity index is 610. The molecule has 2 N–H and O–H groups in total. The quantitative estimate of drug-likeness (QED) is 0.542. The van der Waals surface area contributed by atoms with E-state index in [2.05, 4.69) is 39.6 Å². The molecular formula is C21H34N4O2. The van der Waals surface area contributed by atoms with Crippen molar-refractivity contribution in [1.29, 1.82) is 0 Å². The second-order valence-corrected chi connectivity index (χ2v) is 7.03. The molecule has 1 aliphatic rings. The summed E-state index contributed by atoms with van der Waals surface area (Å²) >= 11 is 0. The van der Waals surface area contributed by atoms with Crippen molar-refractivity contribution in [1.82, 2.24) is 15.5 Å². The molecule has 2 rings (SSSR count). The lowest BCUT2D eigenvalue weighted by Crippen LogP contribution is -2.46. The molecule has 0 aromatic heterocycles. The fourth-order valence-corrected chi connectivity index (χ4v) is 3.37. The number of ether oxygens (including phenoxy) is 1. The number of carbonyl (C=O) groups excluding carboxylic acids is 1. The maximum atomic E-state index is 11.5. The third-order valence-corrected chi connectivity index (χ3v) is 4.95. The molecule has 0 saturated carbocycles. The first-order valence-electron chi connectivity index (χ1n) is 10.0. The fourth-order valence-electron chi connectivity index (χ4n) is 3.37. The van der Waals surface area contributed by atoms with Gasteiger partial charge in [-0.2, -0.15) is 0 Å². The molecular weight excluding hydrogens is 340 g/mol. The molecule has 150 valence electrons. The molecule has 0 atom stereocenters. The summed E-state index contributed by atoms with van der Waals surface area (Å²) in [6, 6.07) is 8.30. The molecule has 0 unspecified atom stereocenters. The molecule has 1 aromatic rings. The number of nitrogens with zero attached hydrogens (tertiary/aromatic N) is 2. The van der Waals surface area contributed by atoms with Crippen molar-refractivity contribution in [3.63, 3.8) is 0 Å². The van der Waals surface area contributed by atoms with Gasteiger partial charge in [0.25, 0.3) is 0 Å². The first-order chi connectivity index (χ1) is 13.2. The van der Waals surface area contributed by atoms with E-state index in [0.717, 1.165) is 63.6 Å². The van der Waals surface area contributed by atoms with Crippen molar-refractivity contribution in [3.8, 4) is 5.75 Å². The number of rotatable bonds is 8. The number of nitrogens with one attached hydrogen (secondary N) is 2. The van der Waals surface area contributed by atoms with Crippen molar-refractivity contribution in [2.75, 3.05) is 40.3 Å². The summed E-state index contributed by atoms with van der Waals surface area (Å²) in [5.41, 5.74) is 1.26. The zero-order valence-corrected chi connectivity index (χ0v) is 17.0. The number of hydrogen-bond acceptors (Lipinski definition) is 3. The van der Waals surface area contributed by atoms with E-state index in [9.17, 15) is 4.79 Å². The van der Waals surface area contributed by atoms with E-state index >= 15 is 0 Å². The molecule has 6 heteroatoms. The van der Waals surface area contributed by atoms with E-state index in [4.69, 9.17) is 4.74 Å². The molecule has 1 amide bonds. The molecule has 1 heterocycles. The van der Waals surface area contributed by atoms with Crippen LogP contribution in [0, 0.1) is 5.92 Å². The van der Waals surface area contributed by atoms with Crippen LogP contribution in [0.15, 0.2) is 29.3 Å². The smallest absolute Gasteiger partial charge is 0.220 e. The van der Waals surface area contributed by atoms with Crippen LogP contribution in [0.25, 0.3) is 0 Å². The standard InChI is InChI=1S/C21H34N4O2/c1-4-14-27-19-7-5-6-17(15-19)8-11-24-21(23-3)25-12-9-18(10-13-25)16-20(26)22-2/h5-7,15,18H,4,8-14,16H2,1-3H3,(H,22,26)(H,23,24). The maximum Gasteiger partial charge on any atom is 0.220 e. The van der Waals surface area contributed by atoms with E-state index in [0.29, 0.717) is 12.3 Å². The average molecular weight is 375 g/mol. The monoisotopic (exact) mass is 374 g/mol. The van der Waals surface area contributed by atoms with E-state index in [1.165, 1.54) is 5.56 Å². The van der Waals surface area contributed by atoms with Crippen LogP contribution in [0.4, 0.5) is 0 Å². The Morgan fingerprint density at radius 1 is 1.33 bits per heavy atom. The van der Waals surface area contributed by atoms with Crippen LogP contribution in [-0.4, -0.2) is 57.1 Å². The normalized spacial score (nSPS) is 15.5. The van der Waals surface area contributed by atoms with Gasteiger partial charge >= 0.3 is 0 Å². The van der Waals surface area contributed by atoms with Gasteiger partial charge in [0, 0.05) is 40.2 Å². The second-order valence-electron chi connectivity index (χ2n) is 7.03. The van der Waals surface area contributed by atoms with E-state index in [1.54, 1.807) is 7.05 Å². The van der Waals surface area contributed by atoms with Gasteiger partial charge < -0.3 is 20.3 Å². The third kappa shape index (κ3) is 7.12. The summed E-state index contributed by atoms with van der Waals surface area (Å²) in [5, 5.41) is 6.19. The van der Waals surface area contributed by atoms with Crippen molar-refractivity contribution < 1.29 is 9.53 Å². The van der Waals surface area contributed by atoms with Crippen molar-refractivity contribution in [2.45, 2.75) is 39.0 Å². The van der Waals surface area contributed by atoms with Gasteiger partial charge in [-0.15, -0.1) is 0 Å². The van der Waals surface area contributed by atoms with Gasteiger partial charge in [0.15, 0.2) is 5.96 Å². The molecule has 1 aliphatic heterocycles. The Kier molecular flexibility index (Phi) is 8.95. The highest BCUT2D eigenvalue weighted by atomic mass is 16.5. The fraction of sp³-hybridized carbons (Fsp3) is 0.619. The van der Waals surface area contributed by atoms with E-state index < -0.39 is 0 Å². The molecule has 6 nitrogen and oxygen atoms in total. The second kappa shape index (κ2) is 11.5. The van der Waals surface area contributed by atoms with E-state index in [-0.39, 0.29) is 5.91 Å². The average Bonchev–Trinajstić information content (AvgIpc) is 2.70. The lowest BCUT2D eigenvalue weighted by Gasteiger charge is -2.34.